The zero-order valence-corrected chi connectivity index (χ0v) is 12.5. The Kier molecular flexibility index (Phi) is 7.04. The Morgan fingerprint density at radius 2 is 1.56 bits per heavy atom. The van der Waals surface area contributed by atoms with Crippen LogP contribution in [0, 0.1) is 18.8 Å². The average molecular weight is 247 g/mol. The van der Waals surface area contributed by atoms with Crippen molar-refractivity contribution < 1.29 is 0 Å². The van der Waals surface area contributed by atoms with Crippen molar-refractivity contribution in [3.63, 3.8) is 0 Å². The molecule has 0 aliphatic carbocycles. The van der Waals surface area contributed by atoms with Crippen molar-refractivity contribution >= 4 is 0 Å². The topological polar surface area (TPSA) is 12.0 Å². The highest BCUT2D eigenvalue weighted by Crippen LogP contribution is 2.23. The summed E-state index contributed by atoms with van der Waals surface area (Å²) in [4.78, 5) is 0. The third-order valence-corrected chi connectivity index (χ3v) is 3.99. The molecule has 1 nitrogen and oxygen atoms in total. The van der Waals surface area contributed by atoms with Gasteiger partial charge in [0.2, 0.25) is 0 Å². The Balaban J connectivity index is 2.67. The highest BCUT2D eigenvalue weighted by Gasteiger charge is 2.18. The molecule has 1 heteroatoms. The quantitative estimate of drug-likeness (QED) is 0.726. The minimum absolute atomic E-state index is 0.766. The minimum atomic E-state index is 0.766. The van der Waals surface area contributed by atoms with Gasteiger partial charge in [-0.25, -0.2) is 0 Å². The fraction of sp³-hybridized carbons (Fsp3) is 0.647. The van der Waals surface area contributed by atoms with E-state index in [1.165, 1.54) is 30.4 Å². The largest absolute Gasteiger partial charge is 0.317 e. The number of rotatable bonds is 8. The lowest BCUT2D eigenvalue weighted by atomic mass is 9.83. The van der Waals surface area contributed by atoms with Crippen molar-refractivity contribution in [1.82, 2.24) is 5.32 Å². The molecular formula is C17H29N. The monoisotopic (exact) mass is 247 g/mol. The summed E-state index contributed by atoms with van der Waals surface area (Å²) in [6.45, 7) is 11.2. The maximum Gasteiger partial charge on any atom is -0.00148 e. The first-order valence-corrected chi connectivity index (χ1v) is 7.47. The molecule has 18 heavy (non-hydrogen) atoms. The van der Waals surface area contributed by atoms with Gasteiger partial charge in [-0.3, -0.25) is 0 Å². The number of nitrogens with one attached hydrogen (secondary N) is 1. The summed E-state index contributed by atoms with van der Waals surface area (Å²) in [5, 5.41) is 3.53. The highest BCUT2D eigenvalue weighted by molar-refractivity contribution is 5.21. The minimum Gasteiger partial charge on any atom is -0.317 e. The van der Waals surface area contributed by atoms with E-state index in [-0.39, 0.29) is 0 Å². The van der Waals surface area contributed by atoms with Crippen LogP contribution in [0.1, 0.15) is 44.7 Å². The van der Waals surface area contributed by atoms with E-state index >= 15 is 0 Å². The molecule has 0 saturated heterocycles. The van der Waals surface area contributed by atoms with Crippen LogP contribution in [-0.4, -0.2) is 13.1 Å². The molecule has 0 amide bonds. The molecule has 0 aliphatic heterocycles. The zero-order valence-electron chi connectivity index (χ0n) is 12.5. The van der Waals surface area contributed by atoms with Crippen LogP contribution in [0.5, 0.6) is 0 Å². The lowest BCUT2D eigenvalue weighted by Crippen LogP contribution is -2.29. The van der Waals surface area contributed by atoms with Crippen LogP contribution in [0.2, 0.25) is 0 Å². The second-order valence-electron chi connectivity index (χ2n) is 5.33. The summed E-state index contributed by atoms with van der Waals surface area (Å²) in [6, 6.07) is 9.03. The predicted octanol–water partition coefficient (Wildman–Crippen LogP) is 4.20. The van der Waals surface area contributed by atoms with Gasteiger partial charge in [0.05, 0.1) is 0 Å². The molecule has 0 spiro atoms. The molecule has 0 radical (unpaired) electrons. The Labute approximate surface area is 113 Å². The van der Waals surface area contributed by atoms with Crippen molar-refractivity contribution in [3.05, 3.63) is 35.4 Å². The van der Waals surface area contributed by atoms with E-state index in [9.17, 15) is 0 Å². The molecule has 0 bridgehead atoms. The molecule has 1 rings (SSSR count). The van der Waals surface area contributed by atoms with Gasteiger partial charge in [0.25, 0.3) is 0 Å². The Morgan fingerprint density at radius 3 is 2.06 bits per heavy atom. The van der Waals surface area contributed by atoms with Crippen molar-refractivity contribution in [3.8, 4) is 0 Å². The normalized spacial score (nSPS) is 12.9. The van der Waals surface area contributed by atoms with Gasteiger partial charge in [-0.1, -0.05) is 63.4 Å². The van der Waals surface area contributed by atoms with Gasteiger partial charge in [0, 0.05) is 0 Å². The van der Waals surface area contributed by atoms with E-state index in [2.05, 4.69) is 57.3 Å². The van der Waals surface area contributed by atoms with Crippen LogP contribution >= 0.6 is 0 Å². The second kappa shape index (κ2) is 8.31. The Morgan fingerprint density at radius 1 is 0.944 bits per heavy atom. The lowest BCUT2D eigenvalue weighted by molar-refractivity contribution is 0.299. The first-order valence-electron chi connectivity index (χ1n) is 7.47. The van der Waals surface area contributed by atoms with Crippen LogP contribution in [0.4, 0.5) is 0 Å². The molecule has 1 unspecified atom stereocenters. The summed E-state index contributed by atoms with van der Waals surface area (Å²) in [5.74, 6) is 1.60. The first kappa shape index (κ1) is 15.2. The van der Waals surface area contributed by atoms with Crippen LogP contribution in [0.15, 0.2) is 24.3 Å². The molecule has 0 saturated carbocycles. The van der Waals surface area contributed by atoms with Gasteiger partial charge in [-0.15, -0.1) is 0 Å². The first-order chi connectivity index (χ1) is 8.71. The molecule has 1 N–H and O–H groups in total. The zero-order chi connectivity index (χ0) is 13.4. The van der Waals surface area contributed by atoms with Crippen molar-refractivity contribution in [1.29, 1.82) is 0 Å². The molecule has 102 valence electrons. The number of hydrogen-bond donors (Lipinski definition) is 1. The second-order valence-corrected chi connectivity index (χ2v) is 5.33. The summed E-state index contributed by atoms with van der Waals surface area (Å²) in [5.41, 5.74) is 2.83. The summed E-state index contributed by atoms with van der Waals surface area (Å²) < 4.78 is 0. The number of benzene rings is 1. The molecule has 1 aromatic rings. The van der Waals surface area contributed by atoms with Gasteiger partial charge < -0.3 is 5.32 Å². The standard InChI is InChI=1S/C17H29N/c1-5-16(6-2)17(13-18-7-3)12-15-10-8-14(4)9-11-15/h8-11,16-18H,5-7,12-13H2,1-4H3. The number of aryl methyl sites for hydroxylation is 1. The summed E-state index contributed by atoms with van der Waals surface area (Å²) >= 11 is 0. The summed E-state index contributed by atoms with van der Waals surface area (Å²) in [6.07, 6.45) is 3.79. The van der Waals surface area contributed by atoms with E-state index in [1.807, 2.05) is 0 Å². The van der Waals surface area contributed by atoms with E-state index in [0.717, 1.165) is 24.9 Å². The van der Waals surface area contributed by atoms with Crippen molar-refractivity contribution in [2.24, 2.45) is 11.8 Å². The fourth-order valence-electron chi connectivity index (χ4n) is 2.72. The van der Waals surface area contributed by atoms with Gasteiger partial charge in [-0.2, -0.15) is 0 Å². The SMILES string of the molecule is CCNCC(Cc1ccc(C)cc1)C(CC)CC. The predicted molar refractivity (Wildman–Crippen MR) is 81.0 cm³/mol. The van der Waals surface area contributed by atoms with Gasteiger partial charge in [0.15, 0.2) is 0 Å². The molecule has 0 aromatic heterocycles. The molecular weight excluding hydrogens is 218 g/mol. The molecule has 0 heterocycles. The van der Waals surface area contributed by atoms with Gasteiger partial charge in [-0.05, 0) is 43.8 Å². The summed E-state index contributed by atoms with van der Waals surface area (Å²) in [7, 11) is 0. The van der Waals surface area contributed by atoms with E-state index in [4.69, 9.17) is 0 Å². The maximum absolute atomic E-state index is 3.53. The van der Waals surface area contributed by atoms with E-state index < -0.39 is 0 Å². The van der Waals surface area contributed by atoms with Crippen molar-refractivity contribution in [2.75, 3.05) is 13.1 Å². The van der Waals surface area contributed by atoms with E-state index in [0.29, 0.717) is 0 Å². The molecule has 0 aliphatic rings. The maximum atomic E-state index is 3.53. The highest BCUT2D eigenvalue weighted by atomic mass is 14.8. The van der Waals surface area contributed by atoms with E-state index in [1.54, 1.807) is 0 Å². The van der Waals surface area contributed by atoms with Crippen LogP contribution < -0.4 is 5.32 Å². The Bertz CT molecular complexity index is 311. The molecule has 0 fully saturated rings. The van der Waals surface area contributed by atoms with Crippen molar-refractivity contribution in [2.45, 2.75) is 47.0 Å². The van der Waals surface area contributed by atoms with Gasteiger partial charge >= 0.3 is 0 Å². The van der Waals surface area contributed by atoms with Crippen LogP contribution in [0.25, 0.3) is 0 Å². The Hall–Kier alpha value is -0.820. The third kappa shape index (κ3) is 4.81. The van der Waals surface area contributed by atoms with Crippen LogP contribution in [0.3, 0.4) is 0 Å². The average Bonchev–Trinajstić information content (AvgIpc) is 2.39. The third-order valence-electron chi connectivity index (χ3n) is 3.99. The van der Waals surface area contributed by atoms with Crippen LogP contribution in [-0.2, 0) is 6.42 Å². The van der Waals surface area contributed by atoms with Gasteiger partial charge in [0.1, 0.15) is 0 Å². The molecule has 1 aromatic carbocycles. The fourth-order valence-corrected chi connectivity index (χ4v) is 2.72. The number of hydrogen-bond acceptors (Lipinski definition) is 1. The molecule has 1 atom stereocenters. The smallest absolute Gasteiger partial charge is 0.00148 e. The lowest BCUT2D eigenvalue weighted by Gasteiger charge is -2.26.